The number of methoxy groups -OCH3 is 1. The van der Waals surface area contributed by atoms with E-state index in [0.29, 0.717) is 21.4 Å². The van der Waals surface area contributed by atoms with Crippen molar-refractivity contribution in [1.29, 1.82) is 0 Å². The van der Waals surface area contributed by atoms with E-state index in [1.807, 2.05) is 0 Å². The van der Waals surface area contributed by atoms with E-state index in [9.17, 15) is 5.11 Å². The average Bonchev–Trinajstić information content (AvgIpc) is 2.99. The predicted octanol–water partition coefficient (Wildman–Crippen LogP) is 2.53. The van der Waals surface area contributed by atoms with Crippen molar-refractivity contribution in [2.45, 2.75) is 24.5 Å². The second kappa shape index (κ2) is 4.08. The molecule has 0 spiro atoms. The molecule has 0 heterocycles. The van der Waals surface area contributed by atoms with Crippen LogP contribution in [0.4, 0.5) is 0 Å². The highest BCUT2D eigenvalue weighted by Crippen LogP contribution is 2.46. The van der Waals surface area contributed by atoms with Gasteiger partial charge < -0.3 is 15.6 Å². The topological polar surface area (TPSA) is 55.5 Å². The van der Waals surface area contributed by atoms with Crippen molar-refractivity contribution < 1.29 is 9.84 Å². The second-order valence-corrected chi connectivity index (χ2v) is 4.96. The first-order valence-electron chi connectivity index (χ1n) is 4.98. The number of rotatable bonds is 3. The van der Waals surface area contributed by atoms with Crippen LogP contribution >= 0.6 is 23.2 Å². The van der Waals surface area contributed by atoms with Crippen molar-refractivity contribution in [3.05, 3.63) is 27.7 Å². The maximum absolute atomic E-state index is 10.1. The van der Waals surface area contributed by atoms with Crippen LogP contribution in [0.5, 0.6) is 5.75 Å². The molecule has 1 aliphatic rings. The summed E-state index contributed by atoms with van der Waals surface area (Å²) in [6, 6.07) is 3.20. The van der Waals surface area contributed by atoms with Gasteiger partial charge in [-0.3, -0.25) is 0 Å². The molecule has 0 saturated heterocycles. The van der Waals surface area contributed by atoms with Gasteiger partial charge in [-0.05, 0) is 18.9 Å². The molecule has 2 rings (SSSR count). The normalized spacial score (nSPS) is 19.3. The van der Waals surface area contributed by atoms with Gasteiger partial charge in [-0.15, -0.1) is 0 Å². The molecule has 0 aromatic heterocycles. The zero-order chi connectivity index (χ0) is 11.9. The van der Waals surface area contributed by atoms with Crippen molar-refractivity contribution >= 4 is 23.2 Å². The summed E-state index contributed by atoms with van der Waals surface area (Å²) in [7, 11) is 1.51. The number of aliphatic hydroxyl groups is 1. The molecule has 3 nitrogen and oxygen atoms in total. The van der Waals surface area contributed by atoms with Gasteiger partial charge in [0.05, 0.1) is 23.3 Å². The van der Waals surface area contributed by atoms with Gasteiger partial charge in [-0.2, -0.15) is 0 Å². The summed E-state index contributed by atoms with van der Waals surface area (Å²) < 4.78 is 5.03. The van der Waals surface area contributed by atoms with E-state index in [2.05, 4.69) is 0 Å². The molecule has 0 aliphatic heterocycles. The Morgan fingerprint density at radius 3 is 2.50 bits per heavy atom. The number of halogens is 2. The van der Waals surface area contributed by atoms with Crippen molar-refractivity contribution in [3.63, 3.8) is 0 Å². The number of nitrogens with two attached hydrogens (primary N) is 1. The third kappa shape index (κ3) is 2.00. The van der Waals surface area contributed by atoms with E-state index in [-0.39, 0.29) is 0 Å². The van der Waals surface area contributed by atoms with E-state index < -0.39 is 11.6 Å². The molecule has 88 valence electrons. The highest BCUT2D eigenvalue weighted by molar-refractivity contribution is 6.34. The molecule has 0 amide bonds. The number of hydrogen-bond donors (Lipinski definition) is 2. The molecular weight excluding hydrogens is 249 g/mol. The zero-order valence-corrected chi connectivity index (χ0v) is 10.3. The lowest BCUT2D eigenvalue weighted by Gasteiger charge is -2.20. The lowest BCUT2D eigenvalue weighted by atomic mass is 10.0. The Bertz CT molecular complexity index is 419. The third-order valence-corrected chi connectivity index (χ3v) is 3.56. The Morgan fingerprint density at radius 2 is 2.00 bits per heavy atom. The first-order chi connectivity index (χ1) is 7.48. The SMILES string of the molecule is COc1cc(Cl)c(C(O)C2(N)CC2)cc1Cl. The smallest absolute Gasteiger partial charge is 0.138 e. The maximum Gasteiger partial charge on any atom is 0.138 e. The number of ether oxygens (including phenoxy) is 1. The summed E-state index contributed by atoms with van der Waals surface area (Å²) in [6.07, 6.45) is 0.825. The van der Waals surface area contributed by atoms with E-state index in [0.717, 1.165) is 12.8 Å². The van der Waals surface area contributed by atoms with E-state index >= 15 is 0 Å². The standard InChI is InChI=1S/C11H13Cl2NO2/c1-16-9-5-7(12)6(4-8(9)13)10(15)11(14)2-3-11/h4-5,10,15H,2-3,14H2,1H3. The molecule has 1 aromatic carbocycles. The van der Waals surface area contributed by atoms with Crippen LogP contribution in [0.3, 0.4) is 0 Å². The maximum atomic E-state index is 10.1. The van der Waals surface area contributed by atoms with Crippen molar-refractivity contribution in [2.75, 3.05) is 7.11 Å². The summed E-state index contributed by atoms with van der Waals surface area (Å²) in [6.45, 7) is 0. The van der Waals surface area contributed by atoms with Crippen LogP contribution in [-0.4, -0.2) is 17.8 Å². The lowest BCUT2D eigenvalue weighted by Crippen LogP contribution is -2.30. The second-order valence-electron chi connectivity index (χ2n) is 4.14. The first-order valence-corrected chi connectivity index (χ1v) is 5.73. The van der Waals surface area contributed by atoms with E-state index in [1.54, 1.807) is 12.1 Å². The predicted molar refractivity (Wildman–Crippen MR) is 64.1 cm³/mol. The summed E-state index contributed by atoms with van der Waals surface area (Å²) in [5.74, 6) is 0.490. The van der Waals surface area contributed by atoms with Gasteiger partial charge in [0.25, 0.3) is 0 Å². The fraction of sp³-hybridized carbons (Fsp3) is 0.455. The van der Waals surface area contributed by atoms with Crippen LogP contribution in [-0.2, 0) is 0 Å². The third-order valence-electron chi connectivity index (χ3n) is 2.94. The monoisotopic (exact) mass is 261 g/mol. The van der Waals surface area contributed by atoms with Gasteiger partial charge in [-0.25, -0.2) is 0 Å². The highest BCUT2D eigenvalue weighted by atomic mass is 35.5. The van der Waals surface area contributed by atoms with Crippen LogP contribution in [0, 0.1) is 0 Å². The fourth-order valence-corrected chi connectivity index (χ4v) is 2.14. The zero-order valence-electron chi connectivity index (χ0n) is 8.84. The van der Waals surface area contributed by atoms with Crippen LogP contribution < -0.4 is 10.5 Å². The van der Waals surface area contributed by atoms with Gasteiger partial charge in [0.1, 0.15) is 5.75 Å². The summed E-state index contributed by atoms with van der Waals surface area (Å²) in [5, 5.41) is 10.9. The van der Waals surface area contributed by atoms with Crippen LogP contribution in [0.2, 0.25) is 10.0 Å². The van der Waals surface area contributed by atoms with Gasteiger partial charge >= 0.3 is 0 Å². The molecule has 3 N–H and O–H groups in total. The minimum atomic E-state index is -0.775. The molecule has 1 fully saturated rings. The van der Waals surface area contributed by atoms with Crippen molar-refractivity contribution in [1.82, 2.24) is 0 Å². The lowest BCUT2D eigenvalue weighted by molar-refractivity contribution is 0.136. The highest BCUT2D eigenvalue weighted by Gasteiger charge is 2.46. The molecule has 0 bridgehead atoms. The molecule has 1 aliphatic carbocycles. The molecule has 1 saturated carbocycles. The minimum absolute atomic E-state index is 0.421. The van der Waals surface area contributed by atoms with E-state index in [1.165, 1.54) is 7.11 Å². The molecule has 16 heavy (non-hydrogen) atoms. The van der Waals surface area contributed by atoms with Gasteiger partial charge in [0.15, 0.2) is 0 Å². The largest absolute Gasteiger partial charge is 0.495 e. The van der Waals surface area contributed by atoms with Gasteiger partial charge in [0, 0.05) is 17.2 Å². The summed E-state index contributed by atoms with van der Waals surface area (Å²) in [4.78, 5) is 0. The van der Waals surface area contributed by atoms with Crippen LogP contribution in [0.25, 0.3) is 0 Å². The van der Waals surface area contributed by atoms with E-state index in [4.69, 9.17) is 33.7 Å². The van der Waals surface area contributed by atoms with Gasteiger partial charge in [0.2, 0.25) is 0 Å². The Hall–Kier alpha value is -0.480. The number of aliphatic hydroxyl groups excluding tert-OH is 1. The quantitative estimate of drug-likeness (QED) is 0.880. The Kier molecular flexibility index (Phi) is 3.05. The van der Waals surface area contributed by atoms with Crippen LogP contribution in [0.1, 0.15) is 24.5 Å². The Morgan fingerprint density at radius 1 is 1.38 bits per heavy atom. The van der Waals surface area contributed by atoms with Crippen molar-refractivity contribution in [2.24, 2.45) is 5.73 Å². The Balaban J connectivity index is 2.38. The number of benzene rings is 1. The molecule has 1 unspecified atom stereocenters. The molecule has 1 aromatic rings. The van der Waals surface area contributed by atoms with Crippen LogP contribution in [0.15, 0.2) is 12.1 Å². The van der Waals surface area contributed by atoms with Crippen molar-refractivity contribution in [3.8, 4) is 5.75 Å². The first kappa shape index (κ1) is 12.0. The molecule has 5 heteroatoms. The Labute approximate surface area is 104 Å². The summed E-state index contributed by atoms with van der Waals surface area (Å²) >= 11 is 12.0. The van der Waals surface area contributed by atoms with Gasteiger partial charge in [-0.1, -0.05) is 23.2 Å². The minimum Gasteiger partial charge on any atom is -0.495 e. The molecule has 1 atom stereocenters. The number of hydrogen-bond acceptors (Lipinski definition) is 3. The molecule has 0 radical (unpaired) electrons. The summed E-state index contributed by atoms with van der Waals surface area (Å²) in [5.41, 5.74) is 5.95. The molecular formula is C11H13Cl2NO2. The average molecular weight is 262 g/mol. The fourth-order valence-electron chi connectivity index (χ4n) is 1.64.